The lowest BCUT2D eigenvalue weighted by Crippen LogP contribution is -2.66. The Balaban J connectivity index is 1.25. The number of amides is 1. The molecule has 0 aromatic rings. The molecule has 1 saturated heterocycles. The number of halogens is 3. The van der Waals surface area contributed by atoms with E-state index in [1.54, 1.807) is 6.08 Å². The highest BCUT2D eigenvalue weighted by molar-refractivity contribution is 7.91. The van der Waals surface area contributed by atoms with Crippen LogP contribution in [0.25, 0.3) is 0 Å². The van der Waals surface area contributed by atoms with E-state index in [2.05, 4.69) is 44.5 Å². The Morgan fingerprint density at radius 2 is 1.64 bits per heavy atom. The van der Waals surface area contributed by atoms with Crippen molar-refractivity contribution in [2.24, 2.45) is 56.7 Å². The maximum atomic E-state index is 14.4. The molecular formula is C37H57F3N2O6S2. The molecule has 0 aromatic heterocycles. The largest absolute Gasteiger partial charge is 0.534 e. The molecule has 0 radical (unpaired) electrons. The predicted octanol–water partition coefficient (Wildman–Crippen LogP) is 6.85. The third kappa shape index (κ3) is 5.71. The normalized spacial score (nSPS) is 42.6. The quantitative estimate of drug-likeness (QED) is 0.173. The van der Waals surface area contributed by atoms with Crippen molar-refractivity contribution < 1.29 is 39.0 Å². The zero-order valence-electron chi connectivity index (χ0n) is 30.6. The van der Waals surface area contributed by atoms with Crippen molar-refractivity contribution in [2.45, 2.75) is 105 Å². The molecule has 0 aromatic carbocycles. The van der Waals surface area contributed by atoms with Crippen LogP contribution < -0.4 is 5.32 Å². The first-order chi connectivity index (χ1) is 23.0. The SMILES string of the molecule is C=C(C)C1CCC2(C(=O)NCCN3CCS(=O)(=O)CC3)CCC3(C)C(CCC4C5(C)CC=C(OS(=O)(=O)C(F)(F)F)C(C)(C)C5CCC43C)C12. The van der Waals surface area contributed by atoms with Crippen molar-refractivity contribution in [1.82, 2.24) is 10.2 Å². The highest BCUT2D eigenvalue weighted by Gasteiger charge is 2.72. The molecule has 13 heteroatoms. The zero-order valence-corrected chi connectivity index (χ0v) is 32.3. The van der Waals surface area contributed by atoms with Crippen LogP contribution >= 0.6 is 0 Å². The van der Waals surface area contributed by atoms with E-state index < -0.39 is 36.3 Å². The minimum absolute atomic E-state index is 0.0558. The number of alkyl halides is 3. The van der Waals surface area contributed by atoms with Gasteiger partial charge in [-0.1, -0.05) is 46.8 Å². The molecular weight excluding hydrogens is 690 g/mol. The number of nitrogens with zero attached hydrogens (tertiary/aromatic N) is 1. The second-order valence-corrected chi connectivity index (χ2v) is 21.9. The molecule has 8 nitrogen and oxygen atoms in total. The molecule has 1 amide bonds. The van der Waals surface area contributed by atoms with Crippen LogP contribution in [0, 0.1) is 56.7 Å². The number of hydrogen-bond donors (Lipinski definition) is 1. The van der Waals surface area contributed by atoms with Crippen molar-refractivity contribution in [3.63, 3.8) is 0 Å². The molecule has 9 unspecified atom stereocenters. The summed E-state index contributed by atoms with van der Waals surface area (Å²) in [4.78, 5) is 16.5. The molecule has 6 rings (SSSR count). The van der Waals surface area contributed by atoms with Gasteiger partial charge < -0.3 is 9.50 Å². The number of hydrogen-bond acceptors (Lipinski definition) is 7. The zero-order chi connectivity index (χ0) is 36.9. The van der Waals surface area contributed by atoms with Crippen LogP contribution in [0.15, 0.2) is 24.0 Å². The van der Waals surface area contributed by atoms with Crippen molar-refractivity contribution in [3.05, 3.63) is 24.0 Å². The summed E-state index contributed by atoms with van der Waals surface area (Å²) >= 11 is 0. The molecule has 1 heterocycles. The van der Waals surface area contributed by atoms with Crippen LogP contribution in [0.4, 0.5) is 13.2 Å². The van der Waals surface area contributed by atoms with E-state index in [-0.39, 0.29) is 63.1 Å². The Kier molecular flexibility index (Phi) is 9.32. The number of fused-ring (bicyclic) bond motifs is 7. The average molecular weight is 747 g/mol. The lowest BCUT2D eigenvalue weighted by molar-refractivity contribution is -0.228. The molecule has 5 fully saturated rings. The first kappa shape index (κ1) is 38.1. The number of nitrogens with one attached hydrogen (secondary N) is 1. The Morgan fingerprint density at radius 3 is 2.26 bits per heavy atom. The van der Waals surface area contributed by atoms with Crippen molar-refractivity contribution in [2.75, 3.05) is 37.7 Å². The van der Waals surface area contributed by atoms with Gasteiger partial charge in [0.15, 0.2) is 9.84 Å². The van der Waals surface area contributed by atoms with E-state index in [9.17, 15) is 34.8 Å². The van der Waals surface area contributed by atoms with Gasteiger partial charge in [-0.05, 0) is 117 Å². The fourth-order valence-corrected chi connectivity index (χ4v) is 14.8. The van der Waals surface area contributed by atoms with Gasteiger partial charge in [0.1, 0.15) is 5.76 Å². The number of carbonyl (C=O) groups is 1. The van der Waals surface area contributed by atoms with Crippen LogP contribution in [0.5, 0.6) is 0 Å². The maximum absolute atomic E-state index is 14.4. The molecule has 0 spiro atoms. The van der Waals surface area contributed by atoms with E-state index in [0.29, 0.717) is 38.5 Å². The highest BCUT2D eigenvalue weighted by Crippen LogP contribution is 2.77. The van der Waals surface area contributed by atoms with Crippen LogP contribution in [-0.4, -0.2) is 70.8 Å². The second-order valence-electron chi connectivity index (χ2n) is 18.1. The minimum Gasteiger partial charge on any atom is -0.380 e. The number of sulfone groups is 1. The Morgan fingerprint density at radius 1 is 0.980 bits per heavy atom. The standard InChI is InChI=1S/C37H57F3N2O6S2/c1-24(2)25-10-15-36(31(43)41-18-19-42-20-22-49(44,45)23-21-42)17-16-34(6)26(30(25)36)8-9-28-33(5)13-12-29(48-50(46,47)37(38,39)40)32(3,4)27(33)11-14-35(28,34)7/h12,25-28,30H,1,8-11,13-23H2,2-7H3,(H,41,43). The van der Waals surface area contributed by atoms with E-state index in [1.165, 1.54) is 0 Å². The van der Waals surface area contributed by atoms with E-state index in [0.717, 1.165) is 56.9 Å². The fraction of sp³-hybridized carbons (Fsp3) is 0.865. The van der Waals surface area contributed by atoms with Crippen molar-refractivity contribution in [3.8, 4) is 0 Å². The van der Waals surface area contributed by atoms with Gasteiger partial charge in [0, 0.05) is 31.6 Å². The Labute approximate surface area is 297 Å². The molecule has 6 aliphatic rings. The van der Waals surface area contributed by atoms with Crippen LogP contribution in [0.1, 0.15) is 99.3 Å². The summed E-state index contributed by atoms with van der Waals surface area (Å²) in [7, 11) is -8.74. The van der Waals surface area contributed by atoms with Crippen LogP contribution in [0.3, 0.4) is 0 Å². The molecule has 4 saturated carbocycles. The summed E-state index contributed by atoms with van der Waals surface area (Å²) < 4.78 is 92.8. The van der Waals surface area contributed by atoms with Gasteiger partial charge in [-0.25, -0.2) is 8.42 Å². The number of rotatable bonds is 7. The molecule has 1 N–H and O–H groups in total. The average Bonchev–Trinajstić information content (AvgIpc) is 3.41. The van der Waals surface area contributed by atoms with Gasteiger partial charge in [-0.3, -0.25) is 9.69 Å². The fourth-order valence-electron chi connectivity index (χ4n) is 12.9. The van der Waals surface area contributed by atoms with Gasteiger partial charge in [-0.15, -0.1) is 0 Å². The van der Waals surface area contributed by atoms with Crippen molar-refractivity contribution in [1.29, 1.82) is 0 Å². The highest BCUT2D eigenvalue weighted by atomic mass is 32.2. The Hall–Kier alpha value is -1.60. The Bertz CT molecular complexity index is 1650. The molecule has 9 atom stereocenters. The molecule has 1 aliphatic heterocycles. The summed E-state index contributed by atoms with van der Waals surface area (Å²) in [6.07, 6.45) is 9.09. The molecule has 0 bridgehead atoms. The smallest absolute Gasteiger partial charge is 0.380 e. The second kappa shape index (κ2) is 12.2. The first-order valence-electron chi connectivity index (χ1n) is 18.5. The maximum Gasteiger partial charge on any atom is 0.534 e. The third-order valence-corrected chi connectivity index (χ3v) is 18.2. The van der Waals surface area contributed by atoms with Gasteiger partial charge in [0.2, 0.25) is 5.91 Å². The predicted molar refractivity (Wildman–Crippen MR) is 187 cm³/mol. The van der Waals surface area contributed by atoms with Gasteiger partial charge >= 0.3 is 15.6 Å². The number of carbonyl (C=O) groups excluding carboxylic acids is 1. The lowest BCUT2D eigenvalue weighted by atomic mass is 9.32. The van der Waals surface area contributed by atoms with Crippen LogP contribution in [-0.2, 0) is 28.9 Å². The van der Waals surface area contributed by atoms with Crippen LogP contribution in [0.2, 0.25) is 0 Å². The molecule has 50 heavy (non-hydrogen) atoms. The van der Waals surface area contributed by atoms with E-state index in [4.69, 9.17) is 4.18 Å². The molecule has 284 valence electrons. The topological polar surface area (TPSA) is 110 Å². The minimum atomic E-state index is -5.77. The van der Waals surface area contributed by atoms with E-state index in [1.807, 2.05) is 13.8 Å². The van der Waals surface area contributed by atoms with Gasteiger partial charge in [-0.2, -0.15) is 21.6 Å². The van der Waals surface area contributed by atoms with E-state index >= 15 is 0 Å². The third-order valence-electron chi connectivity index (χ3n) is 15.7. The summed E-state index contributed by atoms with van der Waals surface area (Å²) in [5.41, 5.74) is -6.15. The van der Waals surface area contributed by atoms with Gasteiger partial charge in [0.05, 0.1) is 16.9 Å². The summed E-state index contributed by atoms with van der Waals surface area (Å²) in [5, 5.41) is 3.31. The molecule has 5 aliphatic carbocycles. The first-order valence-corrected chi connectivity index (χ1v) is 21.8. The lowest BCUT2D eigenvalue weighted by Gasteiger charge is -2.72. The van der Waals surface area contributed by atoms with Gasteiger partial charge in [0.25, 0.3) is 0 Å². The van der Waals surface area contributed by atoms with Crippen molar-refractivity contribution >= 4 is 25.9 Å². The summed E-state index contributed by atoms with van der Waals surface area (Å²) in [6, 6.07) is 0. The summed E-state index contributed by atoms with van der Waals surface area (Å²) in [6.45, 7) is 19.4. The monoisotopic (exact) mass is 746 g/mol. The summed E-state index contributed by atoms with van der Waals surface area (Å²) in [5.74, 6) is 1.28. The number of allylic oxidation sites excluding steroid dienone is 3.